The van der Waals surface area contributed by atoms with E-state index >= 15 is 0 Å². The molecule has 3 rings (SSSR count). The molecule has 0 aliphatic carbocycles. The first-order valence-corrected chi connectivity index (χ1v) is 11.3. The molecule has 0 saturated carbocycles. The van der Waals surface area contributed by atoms with Gasteiger partial charge in [-0.25, -0.2) is 8.42 Å². The molecule has 1 atom stereocenters. The number of carbonyl (C=O) groups excluding carboxylic acids is 1. The Bertz CT molecular complexity index is 972. The summed E-state index contributed by atoms with van der Waals surface area (Å²) in [6.07, 6.45) is 1.76. The van der Waals surface area contributed by atoms with Gasteiger partial charge in [0.15, 0.2) is 0 Å². The normalized spacial score (nSPS) is 17.1. The summed E-state index contributed by atoms with van der Waals surface area (Å²) in [5.74, 6) is -0.305. The Morgan fingerprint density at radius 2 is 1.83 bits per heavy atom. The number of rotatable bonds is 7. The van der Waals surface area contributed by atoms with E-state index in [0.29, 0.717) is 23.7 Å². The average Bonchev–Trinajstić information content (AvgIpc) is 3.28. The van der Waals surface area contributed by atoms with E-state index in [0.717, 1.165) is 18.4 Å². The van der Waals surface area contributed by atoms with Crippen molar-refractivity contribution in [1.82, 2.24) is 9.62 Å². The quantitative estimate of drug-likeness (QED) is 0.721. The molecule has 29 heavy (non-hydrogen) atoms. The van der Waals surface area contributed by atoms with E-state index in [-0.39, 0.29) is 17.3 Å². The van der Waals surface area contributed by atoms with Crippen LogP contribution in [0.1, 0.15) is 35.7 Å². The van der Waals surface area contributed by atoms with Gasteiger partial charge in [-0.1, -0.05) is 23.7 Å². The zero-order chi connectivity index (χ0) is 21.1. The molecule has 8 heteroatoms. The van der Waals surface area contributed by atoms with Gasteiger partial charge in [0.05, 0.1) is 11.4 Å². The fourth-order valence-electron chi connectivity index (χ4n) is 3.32. The second-order valence-corrected chi connectivity index (χ2v) is 9.64. The van der Waals surface area contributed by atoms with Crippen LogP contribution in [0, 0.1) is 0 Å². The molecule has 2 aromatic rings. The van der Waals surface area contributed by atoms with Crippen LogP contribution in [-0.2, 0) is 20.4 Å². The minimum Gasteiger partial charge on any atom is -0.372 e. The molecule has 1 amide bonds. The van der Waals surface area contributed by atoms with E-state index in [1.54, 1.807) is 19.2 Å². The van der Waals surface area contributed by atoms with Crippen LogP contribution in [0.25, 0.3) is 0 Å². The molecular formula is C21H25ClN2O4S. The number of sulfonamides is 1. The molecule has 1 N–H and O–H groups in total. The average molecular weight is 437 g/mol. The van der Waals surface area contributed by atoms with Crippen LogP contribution >= 0.6 is 11.6 Å². The summed E-state index contributed by atoms with van der Waals surface area (Å²) in [6, 6.07) is 13.3. The first-order valence-electron chi connectivity index (χ1n) is 9.46. The molecule has 0 radical (unpaired) electrons. The smallest absolute Gasteiger partial charge is 0.251 e. The zero-order valence-electron chi connectivity index (χ0n) is 16.5. The Kier molecular flexibility index (Phi) is 6.63. The number of carbonyl (C=O) groups is 1. The van der Waals surface area contributed by atoms with Crippen molar-refractivity contribution in [3.05, 3.63) is 64.7 Å². The van der Waals surface area contributed by atoms with Crippen molar-refractivity contribution >= 4 is 27.5 Å². The molecule has 0 unspecified atom stereocenters. The molecule has 1 fully saturated rings. The Hall–Kier alpha value is -1.93. The third kappa shape index (κ3) is 4.80. The number of methoxy groups -OCH3 is 1. The summed E-state index contributed by atoms with van der Waals surface area (Å²) in [7, 11) is -1.92. The van der Waals surface area contributed by atoms with E-state index in [1.807, 2.05) is 19.1 Å². The molecule has 0 spiro atoms. The van der Waals surface area contributed by atoms with Crippen LogP contribution in [0.4, 0.5) is 0 Å². The predicted octanol–water partition coefficient (Wildman–Crippen LogP) is 3.42. The summed E-state index contributed by atoms with van der Waals surface area (Å²) in [5, 5.41) is 3.44. The van der Waals surface area contributed by atoms with Crippen molar-refractivity contribution in [3.8, 4) is 0 Å². The maximum absolute atomic E-state index is 12.6. The maximum Gasteiger partial charge on any atom is 0.251 e. The first kappa shape index (κ1) is 21.8. The number of ether oxygens (including phenoxy) is 1. The van der Waals surface area contributed by atoms with Crippen molar-refractivity contribution in [2.24, 2.45) is 0 Å². The molecule has 0 aromatic heterocycles. The third-order valence-corrected chi connectivity index (χ3v) is 7.44. The fourth-order valence-corrected chi connectivity index (χ4v) is 5.02. The van der Waals surface area contributed by atoms with Gasteiger partial charge in [-0.3, -0.25) is 4.79 Å². The van der Waals surface area contributed by atoms with Gasteiger partial charge in [-0.2, -0.15) is 4.31 Å². The Balaban J connectivity index is 1.69. The molecule has 1 saturated heterocycles. The van der Waals surface area contributed by atoms with Crippen LogP contribution in [0.15, 0.2) is 53.4 Å². The van der Waals surface area contributed by atoms with Crippen LogP contribution in [0.3, 0.4) is 0 Å². The van der Waals surface area contributed by atoms with Gasteiger partial charge in [0.1, 0.15) is 5.60 Å². The monoisotopic (exact) mass is 436 g/mol. The second kappa shape index (κ2) is 8.83. The highest BCUT2D eigenvalue weighted by molar-refractivity contribution is 7.89. The third-order valence-electron chi connectivity index (χ3n) is 5.29. The number of nitrogens with one attached hydrogen (secondary N) is 1. The van der Waals surface area contributed by atoms with E-state index in [9.17, 15) is 13.2 Å². The summed E-state index contributed by atoms with van der Waals surface area (Å²) in [6.45, 7) is 3.19. The van der Waals surface area contributed by atoms with Crippen LogP contribution < -0.4 is 5.32 Å². The minimum absolute atomic E-state index is 0.205. The molecule has 1 aliphatic heterocycles. The number of halogens is 1. The molecular weight excluding hydrogens is 412 g/mol. The predicted molar refractivity (Wildman–Crippen MR) is 113 cm³/mol. The molecule has 156 valence electrons. The summed E-state index contributed by atoms with van der Waals surface area (Å²) in [5.41, 5.74) is 0.481. The Labute approximate surface area is 176 Å². The minimum atomic E-state index is -3.49. The van der Waals surface area contributed by atoms with E-state index in [1.165, 1.54) is 28.6 Å². The van der Waals surface area contributed by atoms with Gasteiger partial charge in [-0.05, 0) is 61.7 Å². The standard InChI is InChI=1S/C21H25ClN2O4S/c1-21(28-2,17-6-5-7-18(22)14-17)15-23-20(25)16-8-10-19(11-9-16)29(26,27)24-12-3-4-13-24/h5-11,14H,3-4,12-13,15H2,1-2H3,(H,23,25)/t21-/m1/s1. The van der Waals surface area contributed by atoms with Gasteiger partial charge in [0.25, 0.3) is 5.91 Å². The highest BCUT2D eigenvalue weighted by Crippen LogP contribution is 2.26. The lowest BCUT2D eigenvalue weighted by molar-refractivity contribution is 0.00315. The van der Waals surface area contributed by atoms with Crippen molar-refractivity contribution in [2.75, 3.05) is 26.7 Å². The summed E-state index contributed by atoms with van der Waals surface area (Å²) < 4.78 is 32.3. The molecule has 0 bridgehead atoms. The van der Waals surface area contributed by atoms with Crippen LogP contribution in [0.2, 0.25) is 5.02 Å². The number of hydrogen-bond acceptors (Lipinski definition) is 4. The molecule has 6 nitrogen and oxygen atoms in total. The SMILES string of the molecule is CO[C@](C)(CNC(=O)c1ccc(S(=O)(=O)N2CCCC2)cc1)c1cccc(Cl)c1. The van der Waals surface area contributed by atoms with Gasteiger partial charge >= 0.3 is 0 Å². The van der Waals surface area contributed by atoms with E-state index in [2.05, 4.69) is 5.32 Å². The second-order valence-electron chi connectivity index (χ2n) is 7.26. The highest BCUT2D eigenvalue weighted by atomic mass is 35.5. The number of benzene rings is 2. The lowest BCUT2D eigenvalue weighted by Gasteiger charge is -2.29. The van der Waals surface area contributed by atoms with Crippen molar-refractivity contribution < 1.29 is 17.9 Å². The lowest BCUT2D eigenvalue weighted by atomic mass is 9.95. The maximum atomic E-state index is 12.6. The fraction of sp³-hybridized carbons (Fsp3) is 0.381. The Morgan fingerprint density at radius 1 is 1.17 bits per heavy atom. The largest absolute Gasteiger partial charge is 0.372 e. The summed E-state index contributed by atoms with van der Waals surface area (Å²) in [4.78, 5) is 12.8. The van der Waals surface area contributed by atoms with Crippen molar-refractivity contribution in [2.45, 2.75) is 30.3 Å². The van der Waals surface area contributed by atoms with Crippen LogP contribution in [0.5, 0.6) is 0 Å². The van der Waals surface area contributed by atoms with Crippen molar-refractivity contribution in [1.29, 1.82) is 0 Å². The number of hydrogen-bond donors (Lipinski definition) is 1. The van der Waals surface area contributed by atoms with Gasteiger partial charge in [0, 0.05) is 30.8 Å². The van der Waals surface area contributed by atoms with Gasteiger partial charge in [-0.15, -0.1) is 0 Å². The first-order chi connectivity index (χ1) is 13.8. The summed E-state index contributed by atoms with van der Waals surface area (Å²) >= 11 is 6.07. The Morgan fingerprint density at radius 3 is 2.41 bits per heavy atom. The van der Waals surface area contributed by atoms with Gasteiger partial charge < -0.3 is 10.1 Å². The van der Waals surface area contributed by atoms with E-state index in [4.69, 9.17) is 16.3 Å². The topological polar surface area (TPSA) is 75.7 Å². The lowest BCUT2D eigenvalue weighted by Crippen LogP contribution is -2.40. The number of nitrogens with zero attached hydrogens (tertiary/aromatic N) is 1. The highest BCUT2D eigenvalue weighted by Gasteiger charge is 2.29. The number of amides is 1. The molecule has 1 heterocycles. The zero-order valence-corrected chi connectivity index (χ0v) is 18.1. The van der Waals surface area contributed by atoms with Crippen LogP contribution in [-0.4, -0.2) is 45.4 Å². The van der Waals surface area contributed by atoms with Gasteiger partial charge in [0.2, 0.25) is 10.0 Å². The molecule has 2 aromatic carbocycles. The molecule has 1 aliphatic rings. The van der Waals surface area contributed by atoms with Crippen molar-refractivity contribution in [3.63, 3.8) is 0 Å². The van der Waals surface area contributed by atoms with E-state index < -0.39 is 15.6 Å².